The molecule has 2 N–H and O–H groups in total. The first-order chi connectivity index (χ1) is 10.7. The highest BCUT2D eigenvalue weighted by atomic mass is 32.2. The van der Waals surface area contributed by atoms with Crippen LogP contribution in [-0.4, -0.2) is 18.5 Å². The summed E-state index contributed by atoms with van der Waals surface area (Å²) in [6.45, 7) is 0.536. The molecule has 0 bridgehead atoms. The van der Waals surface area contributed by atoms with Gasteiger partial charge in [-0.05, 0) is 30.0 Å². The number of amidine groups is 1. The van der Waals surface area contributed by atoms with Gasteiger partial charge in [0.2, 0.25) is 0 Å². The first-order valence-corrected chi connectivity index (χ1v) is 9.11. The number of hydrogen-bond donors (Lipinski definition) is 1. The Morgan fingerprint density at radius 1 is 1.14 bits per heavy atom. The molecule has 116 valence electrons. The summed E-state index contributed by atoms with van der Waals surface area (Å²) in [6.07, 6.45) is 2.08. The van der Waals surface area contributed by atoms with E-state index in [4.69, 9.17) is 10.5 Å². The molecule has 0 aromatic heterocycles. The Morgan fingerprint density at radius 3 is 2.55 bits per heavy atom. The van der Waals surface area contributed by atoms with E-state index in [9.17, 15) is 0 Å². The Kier molecular flexibility index (Phi) is 6.68. The zero-order valence-electron chi connectivity index (χ0n) is 12.8. The molecule has 2 rings (SSSR count). The summed E-state index contributed by atoms with van der Waals surface area (Å²) < 4.78 is 5.31. The fourth-order valence-corrected chi connectivity index (χ4v) is 2.99. The number of thioether (sulfide) groups is 2. The van der Waals surface area contributed by atoms with E-state index in [2.05, 4.69) is 35.5 Å². The molecule has 22 heavy (non-hydrogen) atoms. The summed E-state index contributed by atoms with van der Waals surface area (Å²) in [7, 11) is 1.67. The zero-order valence-corrected chi connectivity index (χ0v) is 14.4. The number of para-hydroxylation sites is 1. The molecule has 0 saturated heterocycles. The SMILES string of the molecule is COc1ccccc1CN=C(N)SCc1ccc(SC)cc1. The van der Waals surface area contributed by atoms with Gasteiger partial charge in [0.25, 0.3) is 0 Å². The first kappa shape index (κ1) is 16.8. The minimum absolute atomic E-state index is 0.536. The quantitative estimate of drug-likeness (QED) is 0.490. The maximum absolute atomic E-state index is 5.99. The summed E-state index contributed by atoms with van der Waals surface area (Å²) in [4.78, 5) is 5.70. The van der Waals surface area contributed by atoms with Crippen molar-refractivity contribution >= 4 is 28.7 Å². The third kappa shape index (κ3) is 5.00. The Bertz CT molecular complexity index is 627. The van der Waals surface area contributed by atoms with E-state index in [1.165, 1.54) is 10.5 Å². The topological polar surface area (TPSA) is 47.6 Å². The van der Waals surface area contributed by atoms with Crippen molar-refractivity contribution in [3.63, 3.8) is 0 Å². The van der Waals surface area contributed by atoms with Crippen LogP contribution in [0.3, 0.4) is 0 Å². The average molecular weight is 332 g/mol. The molecule has 0 atom stereocenters. The van der Waals surface area contributed by atoms with E-state index in [1.807, 2.05) is 24.3 Å². The maximum atomic E-state index is 5.99. The largest absolute Gasteiger partial charge is 0.496 e. The van der Waals surface area contributed by atoms with Crippen LogP contribution in [0.2, 0.25) is 0 Å². The second kappa shape index (κ2) is 8.76. The molecule has 0 aliphatic heterocycles. The predicted molar refractivity (Wildman–Crippen MR) is 97.8 cm³/mol. The predicted octanol–water partition coefficient (Wildman–Crippen LogP) is 4.17. The van der Waals surface area contributed by atoms with Gasteiger partial charge in [-0.15, -0.1) is 11.8 Å². The van der Waals surface area contributed by atoms with E-state index >= 15 is 0 Å². The van der Waals surface area contributed by atoms with Crippen LogP contribution in [0, 0.1) is 0 Å². The average Bonchev–Trinajstić information content (AvgIpc) is 2.58. The van der Waals surface area contributed by atoms with Crippen molar-refractivity contribution in [1.82, 2.24) is 0 Å². The van der Waals surface area contributed by atoms with Gasteiger partial charge in [-0.2, -0.15) is 0 Å². The van der Waals surface area contributed by atoms with Crippen molar-refractivity contribution in [2.75, 3.05) is 13.4 Å². The van der Waals surface area contributed by atoms with Gasteiger partial charge in [0.1, 0.15) is 5.75 Å². The summed E-state index contributed by atoms with van der Waals surface area (Å²) in [6, 6.07) is 16.4. The number of methoxy groups -OCH3 is 1. The van der Waals surface area contributed by atoms with Crippen molar-refractivity contribution in [1.29, 1.82) is 0 Å². The van der Waals surface area contributed by atoms with Gasteiger partial charge in [-0.3, -0.25) is 4.99 Å². The van der Waals surface area contributed by atoms with E-state index < -0.39 is 0 Å². The van der Waals surface area contributed by atoms with Crippen LogP contribution >= 0.6 is 23.5 Å². The number of rotatable bonds is 6. The summed E-state index contributed by atoms with van der Waals surface area (Å²) >= 11 is 3.30. The van der Waals surface area contributed by atoms with Gasteiger partial charge >= 0.3 is 0 Å². The van der Waals surface area contributed by atoms with E-state index in [-0.39, 0.29) is 0 Å². The Balaban J connectivity index is 1.89. The van der Waals surface area contributed by atoms with E-state index in [1.54, 1.807) is 30.6 Å². The summed E-state index contributed by atoms with van der Waals surface area (Å²) in [5.41, 5.74) is 8.27. The number of hydrogen-bond acceptors (Lipinski definition) is 4. The molecule has 5 heteroatoms. The molecular weight excluding hydrogens is 312 g/mol. The molecule has 0 saturated carbocycles. The monoisotopic (exact) mass is 332 g/mol. The molecule has 0 fully saturated rings. The van der Waals surface area contributed by atoms with Crippen LogP contribution in [0.5, 0.6) is 5.75 Å². The minimum Gasteiger partial charge on any atom is -0.496 e. The second-order valence-electron chi connectivity index (χ2n) is 4.60. The van der Waals surface area contributed by atoms with Crippen molar-refractivity contribution in [3.05, 3.63) is 59.7 Å². The maximum Gasteiger partial charge on any atom is 0.154 e. The van der Waals surface area contributed by atoms with Gasteiger partial charge in [0, 0.05) is 16.2 Å². The smallest absolute Gasteiger partial charge is 0.154 e. The van der Waals surface area contributed by atoms with Crippen molar-refractivity contribution in [2.24, 2.45) is 10.7 Å². The normalized spacial score (nSPS) is 11.5. The highest BCUT2D eigenvalue weighted by Crippen LogP contribution is 2.20. The van der Waals surface area contributed by atoms with Crippen LogP contribution in [0.1, 0.15) is 11.1 Å². The lowest BCUT2D eigenvalue weighted by atomic mass is 10.2. The van der Waals surface area contributed by atoms with Crippen molar-refractivity contribution in [3.8, 4) is 5.75 Å². The molecule has 0 aliphatic carbocycles. The molecule has 3 nitrogen and oxygen atoms in total. The zero-order chi connectivity index (χ0) is 15.8. The first-order valence-electron chi connectivity index (χ1n) is 6.90. The fourth-order valence-electron chi connectivity index (χ4n) is 1.92. The van der Waals surface area contributed by atoms with Crippen LogP contribution in [0.15, 0.2) is 58.4 Å². The van der Waals surface area contributed by atoms with Gasteiger partial charge in [-0.1, -0.05) is 42.1 Å². The van der Waals surface area contributed by atoms with Crippen LogP contribution in [0.4, 0.5) is 0 Å². The number of ether oxygens (including phenoxy) is 1. The van der Waals surface area contributed by atoms with Gasteiger partial charge < -0.3 is 10.5 Å². The molecule has 0 radical (unpaired) electrons. The van der Waals surface area contributed by atoms with Crippen molar-refractivity contribution < 1.29 is 4.74 Å². The van der Waals surface area contributed by atoms with Crippen LogP contribution in [-0.2, 0) is 12.3 Å². The van der Waals surface area contributed by atoms with Crippen LogP contribution in [0.25, 0.3) is 0 Å². The molecule has 0 aliphatic rings. The minimum atomic E-state index is 0.536. The molecule has 0 spiro atoms. The lowest BCUT2D eigenvalue weighted by Crippen LogP contribution is -2.07. The number of benzene rings is 2. The molecule has 0 heterocycles. The Labute approximate surface area is 140 Å². The molecule has 0 unspecified atom stereocenters. The number of aliphatic imine (C=N–C) groups is 1. The highest BCUT2D eigenvalue weighted by Gasteiger charge is 2.02. The second-order valence-corrected chi connectivity index (χ2v) is 6.48. The summed E-state index contributed by atoms with van der Waals surface area (Å²) in [5.74, 6) is 1.67. The number of nitrogens with zero attached hydrogens (tertiary/aromatic N) is 1. The van der Waals surface area contributed by atoms with Gasteiger partial charge in [0.15, 0.2) is 5.17 Å². The van der Waals surface area contributed by atoms with Crippen molar-refractivity contribution in [2.45, 2.75) is 17.2 Å². The van der Waals surface area contributed by atoms with Gasteiger partial charge in [0.05, 0.1) is 13.7 Å². The fraction of sp³-hybridized carbons (Fsp3) is 0.235. The lowest BCUT2D eigenvalue weighted by Gasteiger charge is -2.06. The summed E-state index contributed by atoms with van der Waals surface area (Å²) in [5, 5.41) is 0.597. The molecular formula is C17H20N2OS2. The lowest BCUT2D eigenvalue weighted by molar-refractivity contribution is 0.410. The molecule has 2 aromatic rings. The van der Waals surface area contributed by atoms with E-state index in [0.29, 0.717) is 11.7 Å². The molecule has 2 aromatic carbocycles. The Hall–Kier alpha value is -1.59. The standard InChI is InChI=1S/C17H20N2OS2/c1-20-16-6-4-3-5-14(16)11-19-17(18)22-12-13-7-9-15(21-2)10-8-13/h3-10H,11-12H2,1-2H3,(H2,18,19). The Morgan fingerprint density at radius 2 is 1.86 bits per heavy atom. The third-order valence-corrected chi connectivity index (χ3v) is 4.79. The molecule has 0 amide bonds. The number of nitrogens with two attached hydrogens (primary N) is 1. The van der Waals surface area contributed by atoms with Gasteiger partial charge in [-0.25, -0.2) is 0 Å². The van der Waals surface area contributed by atoms with Crippen LogP contribution < -0.4 is 10.5 Å². The third-order valence-electron chi connectivity index (χ3n) is 3.14. The highest BCUT2D eigenvalue weighted by molar-refractivity contribution is 8.13. The van der Waals surface area contributed by atoms with E-state index in [0.717, 1.165) is 17.1 Å².